The molecule has 0 amide bonds. The molecule has 106 valence electrons. The van der Waals surface area contributed by atoms with Crippen molar-refractivity contribution in [2.75, 3.05) is 6.61 Å². The molecule has 3 aromatic rings. The van der Waals surface area contributed by atoms with E-state index in [0.29, 0.717) is 0 Å². The van der Waals surface area contributed by atoms with Gasteiger partial charge in [-0.1, -0.05) is 70.5 Å². The van der Waals surface area contributed by atoms with Crippen LogP contribution in [0.25, 0.3) is 10.8 Å². The molecule has 1 unspecified atom stereocenters. The van der Waals surface area contributed by atoms with Gasteiger partial charge in [0.25, 0.3) is 0 Å². The molecule has 0 saturated heterocycles. The first-order chi connectivity index (χ1) is 10.3. The van der Waals surface area contributed by atoms with Crippen molar-refractivity contribution in [2.45, 2.75) is 12.3 Å². The number of aliphatic hydroxyl groups excluding tert-OH is 1. The van der Waals surface area contributed by atoms with Crippen molar-refractivity contribution in [3.05, 3.63) is 82.3 Å². The van der Waals surface area contributed by atoms with E-state index in [1.54, 1.807) is 0 Å². The molecule has 1 atom stereocenters. The van der Waals surface area contributed by atoms with E-state index in [4.69, 9.17) is 0 Å². The Morgan fingerprint density at radius 2 is 1.67 bits per heavy atom. The summed E-state index contributed by atoms with van der Waals surface area (Å²) in [5.41, 5.74) is 2.45. The second-order valence-corrected chi connectivity index (χ2v) is 6.19. The summed E-state index contributed by atoms with van der Waals surface area (Å²) in [6, 6.07) is 23.0. The zero-order chi connectivity index (χ0) is 14.7. The van der Waals surface area contributed by atoms with Gasteiger partial charge >= 0.3 is 0 Å². The smallest absolute Gasteiger partial charge is 0.0502 e. The van der Waals surface area contributed by atoms with Gasteiger partial charge in [0, 0.05) is 10.4 Å². The first-order valence-electron chi connectivity index (χ1n) is 7.11. The monoisotopic (exact) mass is 340 g/mol. The summed E-state index contributed by atoms with van der Waals surface area (Å²) >= 11 is 3.50. The van der Waals surface area contributed by atoms with Crippen molar-refractivity contribution in [2.24, 2.45) is 0 Å². The number of fused-ring (bicyclic) bond motifs is 1. The summed E-state index contributed by atoms with van der Waals surface area (Å²) in [6.45, 7) is 0.152. The van der Waals surface area contributed by atoms with Gasteiger partial charge in [-0.05, 0) is 40.5 Å². The van der Waals surface area contributed by atoms with Gasteiger partial charge in [-0.2, -0.15) is 0 Å². The highest BCUT2D eigenvalue weighted by Crippen LogP contribution is 2.27. The van der Waals surface area contributed by atoms with Crippen molar-refractivity contribution in [3.8, 4) is 0 Å². The Morgan fingerprint density at radius 3 is 2.48 bits per heavy atom. The Morgan fingerprint density at radius 1 is 0.905 bits per heavy atom. The zero-order valence-corrected chi connectivity index (χ0v) is 13.3. The molecule has 0 aromatic heterocycles. The van der Waals surface area contributed by atoms with Gasteiger partial charge in [-0.25, -0.2) is 0 Å². The molecule has 1 N–H and O–H groups in total. The van der Waals surface area contributed by atoms with E-state index in [0.717, 1.165) is 10.9 Å². The molecule has 0 radical (unpaired) electrons. The van der Waals surface area contributed by atoms with Crippen molar-refractivity contribution in [1.82, 2.24) is 0 Å². The highest BCUT2D eigenvalue weighted by Gasteiger charge is 2.13. The summed E-state index contributed by atoms with van der Waals surface area (Å²) in [6.07, 6.45) is 0.842. The van der Waals surface area contributed by atoms with Gasteiger partial charge in [-0.15, -0.1) is 0 Å². The first kappa shape index (κ1) is 14.3. The van der Waals surface area contributed by atoms with Crippen molar-refractivity contribution < 1.29 is 5.11 Å². The fourth-order valence-corrected chi connectivity index (χ4v) is 3.20. The highest BCUT2D eigenvalue weighted by atomic mass is 79.9. The molecule has 2 heteroatoms. The van der Waals surface area contributed by atoms with Crippen LogP contribution >= 0.6 is 15.9 Å². The molecule has 0 spiro atoms. The molecule has 0 aliphatic carbocycles. The van der Waals surface area contributed by atoms with Gasteiger partial charge < -0.3 is 5.11 Å². The van der Waals surface area contributed by atoms with Gasteiger partial charge in [-0.3, -0.25) is 0 Å². The van der Waals surface area contributed by atoms with E-state index < -0.39 is 0 Å². The fourth-order valence-electron chi connectivity index (χ4n) is 2.78. The summed E-state index contributed by atoms with van der Waals surface area (Å²) in [4.78, 5) is 0. The number of aliphatic hydroxyl groups is 1. The van der Waals surface area contributed by atoms with Crippen LogP contribution in [0.2, 0.25) is 0 Å². The van der Waals surface area contributed by atoms with Crippen LogP contribution in [0.5, 0.6) is 0 Å². The Bertz CT molecular complexity index is 746. The maximum Gasteiger partial charge on any atom is 0.0502 e. The molecule has 0 saturated carbocycles. The number of hydrogen-bond donors (Lipinski definition) is 1. The SMILES string of the molecule is OCC(Cc1cccc2ccccc12)c1cccc(Br)c1. The Labute approximate surface area is 133 Å². The minimum Gasteiger partial charge on any atom is -0.396 e. The Kier molecular flexibility index (Phi) is 4.37. The maximum atomic E-state index is 9.79. The Balaban J connectivity index is 1.96. The highest BCUT2D eigenvalue weighted by molar-refractivity contribution is 9.10. The molecule has 1 nitrogen and oxygen atoms in total. The third-order valence-electron chi connectivity index (χ3n) is 3.89. The second kappa shape index (κ2) is 6.42. The summed E-state index contributed by atoms with van der Waals surface area (Å²) < 4.78 is 1.05. The maximum absolute atomic E-state index is 9.79. The molecule has 3 aromatic carbocycles. The van der Waals surface area contributed by atoms with Crippen molar-refractivity contribution in [3.63, 3.8) is 0 Å². The molecule has 3 rings (SSSR count). The van der Waals surface area contributed by atoms with Crippen LogP contribution in [-0.4, -0.2) is 11.7 Å². The number of rotatable bonds is 4. The van der Waals surface area contributed by atoms with Gasteiger partial charge in [0.1, 0.15) is 0 Å². The molecular weight excluding hydrogens is 324 g/mol. The number of benzene rings is 3. The second-order valence-electron chi connectivity index (χ2n) is 5.28. The molecule has 0 aliphatic rings. The van der Waals surface area contributed by atoms with Crippen LogP contribution in [0.1, 0.15) is 17.0 Å². The van der Waals surface area contributed by atoms with E-state index in [2.05, 4.69) is 70.5 Å². The van der Waals surface area contributed by atoms with Crippen LogP contribution in [0.3, 0.4) is 0 Å². The van der Waals surface area contributed by atoms with E-state index in [9.17, 15) is 5.11 Å². The lowest BCUT2D eigenvalue weighted by atomic mass is 9.90. The molecule has 21 heavy (non-hydrogen) atoms. The van der Waals surface area contributed by atoms with Crippen molar-refractivity contribution >= 4 is 26.7 Å². The normalized spacial score (nSPS) is 12.5. The van der Waals surface area contributed by atoms with E-state index >= 15 is 0 Å². The van der Waals surface area contributed by atoms with Crippen LogP contribution < -0.4 is 0 Å². The lowest BCUT2D eigenvalue weighted by Crippen LogP contribution is -2.08. The standard InChI is InChI=1S/C19H17BrO/c20-18-9-4-7-15(12-18)17(13-21)11-16-8-3-6-14-5-1-2-10-19(14)16/h1-10,12,17,21H,11,13H2. The van der Waals surface area contributed by atoms with E-state index in [1.165, 1.54) is 21.9 Å². The number of hydrogen-bond acceptors (Lipinski definition) is 1. The van der Waals surface area contributed by atoms with Crippen molar-refractivity contribution in [1.29, 1.82) is 0 Å². The van der Waals surface area contributed by atoms with Crippen LogP contribution in [0, 0.1) is 0 Å². The lowest BCUT2D eigenvalue weighted by molar-refractivity contribution is 0.264. The van der Waals surface area contributed by atoms with Gasteiger partial charge in [0.05, 0.1) is 6.61 Å². The molecule has 0 aliphatic heterocycles. The first-order valence-corrected chi connectivity index (χ1v) is 7.90. The average Bonchev–Trinajstić information content (AvgIpc) is 2.52. The molecule has 0 bridgehead atoms. The average molecular weight is 341 g/mol. The quantitative estimate of drug-likeness (QED) is 0.714. The minimum absolute atomic E-state index is 0.119. The summed E-state index contributed by atoms with van der Waals surface area (Å²) in [7, 11) is 0. The largest absolute Gasteiger partial charge is 0.396 e. The predicted octanol–water partition coefficient (Wildman–Crippen LogP) is 4.92. The molecule has 0 fully saturated rings. The zero-order valence-electron chi connectivity index (χ0n) is 11.7. The van der Waals surface area contributed by atoms with E-state index in [-0.39, 0.29) is 12.5 Å². The van der Waals surface area contributed by atoms with E-state index in [1.807, 2.05) is 12.1 Å². The number of halogens is 1. The fraction of sp³-hybridized carbons (Fsp3) is 0.158. The van der Waals surface area contributed by atoms with Gasteiger partial charge in [0.15, 0.2) is 0 Å². The molecule has 0 heterocycles. The van der Waals surface area contributed by atoms with Crippen LogP contribution in [0.4, 0.5) is 0 Å². The Hall–Kier alpha value is -1.64. The lowest BCUT2D eigenvalue weighted by Gasteiger charge is -2.16. The van der Waals surface area contributed by atoms with Crippen LogP contribution in [0.15, 0.2) is 71.2 Å². The third kappa shape index (κ3) is 3.17. The minimum atomic E-state index is 0.119. The summed E-state index contributed by atoms with van der Waals surface area (Å²) in [5.74, 6) is 0.119. The summed E-state index contributed by atoms with van der Waals surface area (Å²) in [5, 5.41) is 12.3. The topological polar surface area (TPSA) is 20.2 Å². The van der Waals surface area contributed by atoms with Gasteiger partial charge in [0.2, 0.25) is 0 Å². The third-order valence-corrected chi connectivity index (χ3v) is 4.38. The van der Waals surface area contributed by atoms with Crippen LogP contribution in [-0.2, 0) is 6.42 Å². The molecular formula is C19H17BrO. The predicted molar refractivity (Wildman–Crippen MR) is 91.6 cm³/mol.